The number of carbonyl (C=O) groups is 1. The molecule has 0 fully saturated rings. The zero-order valence-corrected chi connectivity index (χ0v) is 11.9. The van der Waals surface area contributed by atoms with E-state index in [0.717, 1.165) is 12.4 Å². The fourth-order valence-electron chi connectivity index (χ4n) is 1.79. The summed E-state index contributed by atoms with van der Waals surface area (Å²) in [6, 6.07) is 0. The fourth-order valence-corrected chi connectivity index (χ4v) is 1.79. The van der Waals surface area contributed by atoms with Crippen LogP contribution in [-0.2, 0) is 22.6 Å². The van der Waals surface area contributed by atoms with E-state index < -0.39 is 0 Å². The van der Waals surface area contributed by atoms with E-state index in [9.17, 15) is 4.79 Å². The number of hydrogen-bond acceptors (Lipinski definition) is 4. The topological polar surface area (TPSA) is 82.2 Å². The van der Waals surface area contributed by atoms with Crippen molar-refractivity contribution in [1.82, 2.24) is 14.9 Å². The number of hydrogen-bond donors (Lipinski definition) is 2. The normalized spacial score (nSPS) is 12.7. The molecule has 108 valence electrons. The van der Waals surface area contributed by atoms with Gasteiger partial charge in [0.1, 0.15) is 5.82 Å². The van der Waals surface area contributed by atoms with Crippen molar-refractivity contribution < 1.29 is 9.53 Å². The Bertz CT molecular complexity index is 386. The van der Waals surface area contributed by atoms with Crippen molar-refractivity contribution in [3.05, 3.63) is 18.2 Å². The van der Waals surface area contributed by atoms with Crippen LogP contribution in [0.3, 0.4) is 0 Å². The number of imidazole rings is 1. The van der Waals surface area contributed by atoms with Crippen LogP contribution in [0.4, 0.5) is 0 Å². The first kappa shape index (κ1) is 15.7. The molecule has 0 aliphatic carbocycles. The Hall–Kier alpha value is -1.40. The largest absolute Gasteiger partial charge is 0.380 e. The Kier molecular flexibility index (Phi) is 6.52. The van der Waals surface area contributed by atoms with Crippen LogP contribution >= 0.6 is 0 Å². The van der Waals surface area contributed by atoms with E-state index in [-0.39, 0.29) is 18.4 Å². The average molecular weight is 268 g/mol. The zero-order valence-electron chi connectivity index (χ0n) is 11.9. The van der Waals surface area contributed by atoms with Crippen molar-refractivity contribution >= 4 is 5.91 Å². The molecule has 6 heteroatoms. The second kappa shape index (κ2) is 7.91. The molecule has 19 heavy (non-hydrogen) atoms. The molecule has 1 amide bonds. The molecule has 1 unspecified atom stereocenters. The lowest BCUT2D eigenvalue weighted by atomic mass is 10.2. The van der Waals surface area contributed by atoms with Crippen LogP contribution in [0.2, 0.25) is 0 Å². The maximum Gasteiger partial charge on any atom is 0.223 e. The first-order valence-electron chi connectivity index (χ1n) is 6.56. The van der Waals surface area contributed by atoms with Gasteiger partial charge in [0.05, 0.1) is 19.1 Å². The molecule has 1 atom stereocenters. The van der Waals surface area contributed by atoms with Gasteiger partial charge in [-0.05, 0) is 5.92 Å². The molecule has 0 aliphatic heterocycles. The third-order valence-electron chi connectivity index (χ3n) is 2.82. The molecule has 0 bridgehead atoms. The van der Waals surface area contributed by atoms with Crippen LogP contribution in [0, 0.1) is 5.92 Å². The number of ether oxygens (including phenoxy) is 1. The highest BCUT2D eigenvalue weighted by molar-refractivity contribution is 5.76. The highest BCUT2D eigenvalue weighted by Crippen LogP contribution is 2.04. The number of nitrogens with one attached hydrogen (secondary N) is 1. The number of nitrogens with zero attached hydrogens (tertiary/aromatic N) is 2. The van der Waals surface area contributed by atoms with E-state index in [4.69, 9.17) is 10.5 Å². The standard InChI is InChI=1S/C13H24N4O2/c1-10(2)9-17-5-4-15-12(17)8-16-13(18)6-11(7-14)19-3/h4-5,10-11H,6-9,14H2,1-3H3,(H,16,18). The smallest absolute Gasteiger partial charge is 0.223 e. The van der Waals surface area contributed by atoms with Gasteiger partial charge in [-0.15, -0.1) is 0 Å². The van der Waals surface area contributed by atoms with E-state index in [1.165, 1.54) is 0 Å². The Morgan fingerprint density at radius 2 is 2.32 bits per heavy atom. The SMILES string of the molecule is COC(CN)CC(=O)NCc1nccn1CC(C)C. The molecule has 6 nitrogen and oxygen atoms in total. The molecule has 0 saturated carbocycles. The van der Waals surface area contributed by atoms with E-state index in [0.29, 0.717) is 19.0 Å². The van der Waals surface area contributed by atoms with Crippen molar-refractivity contribution in [2.45, 2.75) is 39.5 Å². The van der Waals surface area contributed by atoms with Crippen LogP contribution in [0.5, 0.6) is 0 Å². The van der Waals surface area contributed by atoms with Crippen molar-refractivity contribution in [3.63, 3.8) is 0 Å². The zero-order chi connectivity index (χ0) is 14.3. The summed E-state index contributed by atoms with van der Waals surface area (Å²) >= 11 is 0. The highest BCUT2D eigenvalue weighted by Gasteiger charge is 2.12. The summed E-state index contributed by atoms with van der Waals surface area (Å²) in [4.78, 5) is 16.0. The number of nitrogens with two attached hydrogens (primary N) is 1. The maximum atomic E-state index is 11.7. The van der Waals surface area contributed by atoms with E-state index in [1.54, 1.807) is 13.3 Å². The Morgan fingerprint density at radius 1 is 1.58 bits per heavy atom. The molecule has 1 heterocycles. The Balaban J connectivity index is 2.44. The van der Waals surface area contributed by atoms with Crippen LogP contribution in [-0.4, -0.2) is 35.2 Å². The van der Waals surface area contributed by atoms with Crippen LogP contribution < -0.4 is 11.1 Å². The lowest BCUT2D eigenvalue weighted by Gasteiger charge is -2.13. The molecule has 1 aromatic rings. The van der Waals surface area contributed by atoms with Crippen molar-refractivity contribution in [3.8, 4) is 0 Å². The second-order valence-corrected chi connectivity index (χ2v) is 4.96. The number of carbonyl (C=O) groups excluding carboxylic acids is 1. The van der Waals surface area contributed by atoms with Gasteiger partial charge < -0.3 is 20.4 Å². The summed E-state index contributed by atoms with van der Waals surface area (Å²) in [7, 11) is 1.56. The average Bonchev–Trinajstić information content (AvgIpc) is 2.80. The molecular weight excluding hydrogens is 244 g/mol. The van der Waals surface area contributed by atoms with Gasteiger partial charge >= 0.3 is 0 Å². The van der Waals surface area contributed by atoms with Gasteiger partial charge in [-0.1, -0.05) is 13.8 Å². The molecular formula is C13H24N4O2. The lowest BCUT2D eigenvalue weighted by Crippen LogP contribution is -2.32. The molecule has 0 saturated heterocycles. The number of methoxy groups -OCH3 is 1. The van der Waals surface area contributed by atoms with Crippen LogP contribution in [0.1, 0.15) is 26.1 Å². The second-order valence-electron chi connectivity index (χ2n) is 4.96. The van der Waals surface area contributed by atoms with E-state index >= 15 is 0 Å². The van der Waals surface area contributed by atoms with Crippen LogP contribution in [0.25, 0.3) is 0 Å². The predicted octanol–water partition coefficient (Wildman–Crippen LogP) is 0.519. The minimum absolute atomic E-state index is 0.0728. The summed E-state index contributed by atoms with van der Waals surface area (Å²) in [5, 5.41) is 2.84. The number of amides is 1. The fraction of sp³-hybridized carbons (Fsp3) is 0.692. The summed E-state index contributed by atoms with van der Waals surface area (Å²) in [6.07, 6.45) is 3.73. The molecule has 3 N–H and O–H groups in total. The Labute approximate surface area is 114 Å². The highest BCUT2D eigenvalue weighted by atomic mass is 16.5. The summed E-state index contributed by atoms with van der Waals surface area (Å²) < 4.78 is 7.13. The molecule has 0 spiro atoms. The first-order chi connectivity index (χ1) is 9.06. The van der Waals surface area contributed by atoms with Gasteiger partial charge in [-0.3, -0.25) is 4.79 Å². The van der Waals surface area contributed by atoms with Gasteiger partial charge in [-0.25, -0.2) is 4.98 Å². The number of aromatic nitrogens is 2. The molecule has 1 aromatic heterocycles. The first-order valence-corrected chi connectivity index (χ1v) is 6.56. The molecule has 0 aromatic carbocycles. The van der Waals surface area contributed by atoms with Gasteiger partial charge in [0.2, 0.25) is 5.91 Å². The van der Waals surface area contributed by atoms with E-state index in [1.807, 2.05) is 6.20 Å². The summed E-state index contributed by atoms with van der Waals surface area (Å²) in [5.41, 5.74) is 5.48. The third kappa shape index (κ3) is 5.40. The third-order valence-corrected chi connectivity index (χ3v) is 2.82. The van der Waals surface area contributed by atoms with Gasteiger partial charge in [-0.2, -0.15) is 0 Å². The van der Waals surface area contributed by atoms with Crippen molar-refractivity contribution in [2.24, 2.45) is 11.7 Å². The van der Waals surface area contributed by atoms with Gasteiger partial charge in [0, 0.05) is 32.6 Å². The molecule has 0 aliphatic rings. The quantitative estimate of drug-likeness (QED) is 0.720. The van der Waals surface area contributed by atoms with Crippen LogP contribution in [0.15, 0.2) is 12.4 Å². The van der Waals surface area contributed by atoms with Crippen molar-refractivity contribution in [2.75, 3.05) is 13.7 Å². The predicted molar refractivity (Wildman–Crippen MR) is 73.4 cm³/mol. The maximum absolute atomic E-state index is 11.7. The summed E-state index contributed by atoms with van der Waals surface area (Å²) in [6.45, 7) is 5.96. The number of rotatable bonds is 8. The molecule has 0 radical (unpaired) electrons. The summed E-state index contributed by atoms with van der Waals surface area (Å²) in [5.74, 6) is 1.33. The minimum atomic E-state index is -0.226. The lowest BCUT2D eigenvalue weighted by molar-refractivity contribution is -0.123. The Morgan fingerprint density at radius 3 is 2.89 bits per heavy atom. The van der Waals surface area contributed by atoms with Gasteiger partial charge in [0.15, 0.2) is 0 Å². The minimum Gasteiger partial charge on any atom is -0.380 e. The monoisotopic (exact) mass is 268 g/mol. The molecule has 1 rings (SSSR count). The van der Waals surface area contributed by atoms with E-state index in [2.05, 4.69) is 28.7 Å². The van der Waals surface area contributed by atoms with Crippen molar-refractivity contribution in [1.29, 1.82) is 0 Å². The van der Waals surface area contributed by atoms with Gasteiger partial charge in [0.25, 0.3) is 0 Å².